The third-order valence-electron chi connectivity index (χ3n) is 3.90. The van der Waals surface area contributed by atoms with Crippen LogP contribution < -0.4 is 14.2 Å². The number of hydrogen-bond acceptors (Lipinski definition) is 7. The Kier molecular flexibility index (Phi) is 4.88. The minimum absolute atomic E-state index is 0.278. The van der Waals surface area contributed by atoms with Crippen LogP contribution in [-0.4, -0.2) is 33.5 Å². The first-order chi connectivity index (χ1) is 13.3. The molecule has 2 aromatic heterocycles. The molecular formula is C19H18N4O3S. The normalized spacial score (nSPS) is 10.9. The molecule has 2 aromatic carbocycles. The van der Waals surface area contributed by atoms with E-state index in [2.05, 4.69) is 15.3 Å². The fourth-order valence-electron chi connectivity index (χ4n) is 2.54. The lowest BCUT2D eigenvalue weighted by atomic mass is 10.2. The molecular weight excluding hydrogens is 364 g/mol. The Morgan fingerprint density at radius 2 is 1.56 bits per heavy atom. The molecule has 0 aliphatic heterocycles. The number of fused-ring (bicyclic) bond motifs is 1. The van der Waals surface area contributed by atoms with Crippen LogP contribution in [0.2, 0.25) is 0 Å². The molecule has 0 radical (unpaired) electrons. The molecule has 0 aliphatic carbocycles. The van der Waals surface area contributed by atoms with E-state index >= 15 is 0 Å². The molecule has 0 saturated carbocycles. The van der Waals surface area contributed by atoms with E-state index in [4.69, 9.17) is 14.2 Å². The van der Waals surface area contributed by atoms with Crippen LogP contribution in [0.5, 0.6) is 17.2 Å². The molecule has 4 aromatic rings. The van der Waals surface area contributed by atoms with E-state index in [0.717, 1.165) is 32.8 Å². The van der Waals surface area contributed by atoms with E-state index in [1.54, 1.807) is 11.6 Å². The number of hydrogen-bond donors (Lipinski definition) is 0. The SMILES string of the molecule is CCOc1ccc(-c2nn3c(COc4ccc(OC)cc4)nnc3s2)cc1. The summed E-state index contributed by atoms with van der Waals surface area (Å²) >= 11 is 1.48. The summed E-state index contributed by atoms with van der Waals surface area (Å²) in [5.41, 5.74) is 1.01. The predicted molar refractivity (Wildman–Crippen MR) is 103 cm³/mol. The van der Waals surface area contributed by atoms with E-state index in [9.17, 15) is 0 Å². The third-order valence-corrected chi connectivity index (χ3v) is 4.84. The average molecular weight is 382 g/mol. The minimum atomic E-state index is 0.278. The van der Waals surface area contributed by atoms with Crippen LogP contribution >= 0.6 is 11.3 Å². The van der Waals surface area contributed by atoms with Gasteiger partial charge in [0.1, 0.15) is 28.9 Å². The zero-order valence-corrected chi connectivity index (χ0v) is 15.8. The van der Waals surface area contributed by atoms with E-state index < -0.39 is 0 Å². The number of benzene rings is 2. The Balaban J connectivity index is 1.51. The topological polar surface area (TPSA) is 70.8 Å². The summed E-state index contributed by atoms with van der Waals surface area (Å²) < 4.78 is 18.1. The van der Waals surface area contributed by atoms with Gasteiger partial charge in [-0.25, -0.2) is 0 Å². The van der Waals surface area contributed by atoms with Gasteiger partial charge in [0.15, 0.2) is 5.82 Å². The molecule has 0 amide bonds. The van der Waals surface area contributed by atoms with Crippen molar-refractivity contribution in [3.05, 3.63) is 54.4 Å². The van der Waals surface area contributed by atoms with Gasteiger partial charge in [-0.3, -0.25) is 0 Å². The van der Waals surface area contributed by atoms with Crippen molar-refractivity contribution in [1.29, 1.82) is 0 Å². The molecule has 138 valence electrons. The van der Waals surface area contributed by atoms with Crippen LogP contribution in [0.25, 0.3) is 15.5 Å². The number of methoxy groups -OCH3 is 1. The Morgan fingerprint density at radius 3 is 2.26 bits per heavy atom. The van der Waals surface area contributed by atoms with E-state index in [1.807, 2.05) is 55.5 Å². The zero-order valence-electron chi connectivity index (χ0n) is 15.0. The number of nitrogens with zero attached hydrogens (tertiary/aromatic N) is 4. The van der Waals surface area contributed by atoms with Gasteiger partial charge in [0.2, 0.25) is 4.96 Å². The maximum absolute atomic E-state index is 5.78. The quantitative estimate of drug-likeness (QED) is 0.484. The Hall–Kier alpha value is -3.13. The Morgan fingerprint density at radius 1 is 0.889 bits per heavy atom. The van der Waals surface area contributed by atoms with Crippen LogP contribution in [0.3, 0.4) is 0 Å². The summed E-state index contributed by atoms with van der Waals surface area (Å²) in [5.74, 6) is 3.01. The second kappa shape index (κ2) is 7.63. The van der Waals surface area contributed by atoms with Gasteiger partial charge in [-0.1, -0.05) is 11.3 Å². The minimum Gasteiger partial charge on any atom is -0.497 e. The summed E-state index contributed by atoms with van der Waals surface area (Å²) in [6.07, 6.45) is 0. The fraction of sp³-hybridized carbons (Fsp3) is 0.211. The van der Waals surface area contributed by atoms with Crippen molar-refractivity contribution in [3.63, 3.8) is 0 Å². The summed E-state index contributed by atoms with van der Waals surface area (Å²) in [4.78, 5) is 0.729. The monoisotopic (exact) mass is 382 g/mol. The maximum atomic E-state index is 5.78. The fourth-order valence-corrected chi connectivity index (χ4v) is 3.41. The van der Waals surface area contributed by atoms with Gasteiger partial charge < -0.3 is 14.2 Å². The van der Waals surface area contributed by atoms with Crippen molar-refractivity contribution in [3.8, 4) is 27.8 Å². The third kappa shape index (κ3) is 3.70. The van der Waals surface area contributed by atoms with Gasteiger partial charge in [0, 0.05) is 5.56 Å². The predicted octanol–water partition coefficient (Wildman–Crippen LogP) is 3.84. The molecule has 0 saturated heterocycles. The Labute approximate surface area is 160 Å². The molecule has 4 rings (SSSR count). The molecule has 7 nitrogen and oxygen atoms in total. The van der Waals surface area contributed by atoms with E-state index in [1.165, 1.54) is 11.3 Å². The van der Waals surface area contributed by atoms with E-state index in [0.29, 0.717) is 12.4 Å². The smallest absolute Gasteiger partial charge is 0.235 e. The lowest BCUT2D eigenvalue weighted by molar-refractivity contribution is 0.292. The molecule has 0 fully saturated rings. The highest BCUT2D eigenvalue weighted by Crippen LogP contribution is 2.27. The van der Waals surface area contributed by atoms with Gasteiger partial charge in [-0.2, -0.15) is 9.61 Å². The average Bonchev–Trinajstić information content (AvgIpc) is 3.29. The zero-order chi connectivity index (χ0) is 18.6. The molecule has 27 heavy (non-hydrogen) atoms. The molecule has 8 heteroatoms. The van der Waals surface area contributed by atoms with Crippen molar-refractivity contribution < 1.29 is 14.2 Å². The number of aromatic nitrogens is 4. The van der Waals surface area contributed by atoms with Gasteiger partial charge in [0.05, 0.1) is 13.7 Å². The molecule has 0 aliphatic rings. The lowest BCUT2D eigenvalue weighted by Crippen LogP contribution is -2.02. The standard InChI is InChI=1S/C19H18N4O3S/c1-3-25-15-6-4-13(5-7-15)18-22-23-17(20-21-19(23)27-18)12-26-16-10-8-14(24-2)9-11-16/h4-11H,3,12H2,1-2H3. The second-order valence-electron chi connectivity index (χ2n) is 5.64. The molecule has 0 N–H and O–H groups in total. The van der Waals surface area contributed by atoms with Gasteiger partial charge in [-0.15, -0.1) is 10.2 Å². The molecule has 0 spiro atoms. The second-order valence-corrected chi connectivity index (χ2v) is 6.60. The van der Waals surface area contributed by atoms with Crippen molar-refractivity contribution in [1.82, 2.24) is 19.8 Å². The molecule has 0 bridgehead atoms. The van der Waals surface area contributed by atoms with Crippen LogP contribution in [0.15, 0.2) is 48.5 Å². The summed E-state index contributed by atoms with van der Waals surface area (Å²) in [5, 5.41) is 13.9. The van der Waals surface area contributed by atoms with Gasteiger partial charge >= 0.3 is 0 Å². The highest BCUT2D eigenvalue weighted by atomic mass is 32.1. The Bertz CT molecular complexity index is 1030. The molecule has 2 heterocycles. The van der Waals surface area contributed by atoms with Gasteiger partial charge in [-0.05, 0) is 55.5 Å². The first kappa shape index (κ1) is 17.3. The van der Waals surface area contributed by atoms with Crippen molar-refractivity contribution in [2.24, 2.45) is 0 Å². The first-order valence-electron chi connectivity index (χ1n) is 8.48. The van der Waals surface area contributed by atoms with Gasteiger partial charge in [0.25, 0.3) is 0 Å². The van der Waals surface area contributed by atoms with Crippen LogP contribution in [0, 0.1) is 0 Å². The summed E-state index contributed by atoms with van der Waals surface area (Å²) in [7, 11) is 1.63. The number of ether oxygens (including phenoxy) is 3. The lowest BCUT2D eigenvalue weighted by Gasteiger charge is -2.05. The van der Waals surface area contributed by atoms with E-state index in [-0.39, 0.29) is 6.61 Å². The number of rotatable bonds is 7. The van der Waals surface area contributed by atoms with Crippen molar-refractivity contribution >= 4 is 16.3 Å². The van der Waals surface area contributed by atoms with Crippen molar-refractivity contribution in [2.45, 2.75) is 13.5 Å². The summed E-state index contributed by atoms with van der Waals surface area (Å²) in [6.45, 7) is 2.89. The first-order valence-corrected chi connectivity index (χ1v) is 9.29. The maximum Gasteiger partial charge on any atom is 0.235 e. The molecule has 0 atom stereocenters. The van der Waals surface area contributed by atoms with Crippen LogP contribution in [-0.2, 0) is 6.61 Å². The molecule has 0 unspecified atom stereocenters. The van der Waals surface area contributed by atoms with Crippen molar-refractivity contribution in [2.75, 3.05) is 13.7 Å². The van der Waals surface area contributed by atoms with Crippen LogP contribution in [0.1, 0.15) is 12.7 Å². The highest BCUT2D eigenvalue weighted by molar-refractivity contribution is 7.19. The van der Waals surface area contributed by atoms with Crippen LogP contribution in [0.4, 0.5) is 0 Å². The summed E-state index contributed by atoms with van der Waals surface area (Å²) in [6, 6.07) is 15.3. The highest BCUT2D eigenvalue weighted by Gasteiger charge is 2.13. The largest absolute Gasteiger partial charge is 0.497 e.